The van der Waals surface area contributed by atoms with Crippen molar-refractivity contribution in [3.63, 3.8) is 0 Å². The van der Waals surface area contributed by atoms with Gasteiger partial charge in [0.1, 0.15) is 11.6 Å². The number of nitro benzene ring substituents is 1. The first-order valence-electron chi connectivity index (χ1n) is 6.46. The van der Waals surface area contributed by atoms with Gasteiger partial charge in [-0.1, -0.05) is 18.2 Å². The molecule has 0 aromatic heterocycles. The highest BCUT2D eigenvalue weighted by Gasteiger charge is 2.49. The Morgan fingerprint density at radius 1 is 1.41 bits per heavy atom. The molecule has 118 valence electrons. The summed E-state index contributed by atoms with van der Waals surface area (Å²) in [6.07, 6.45) is -0.252. The first kappa shape index (κ1) is 15.9. The van der Waals surface area contributed by atoms with Crippen molar-refractivity contribution in [2.75, 3.05) is 6.54 Å². The molecule has 1 aliphatic heterocycles. The predicted octanol–water partition coefficient (Wildman–Crippen LogP) is 0.0358. The summed E-state index contributed by atoms with van der Waals surface area (Å²) in [4.78, 5) is 34.3. The average molecular weight is 309 g/mol. The highest BCUT2D eigenvalue weighted by molar-refractivity contribution is 5.83. The van der Waals surface area contributed by atoms with E-state index in [1.807, 2.05) is 0 Å². The summed E-state index contributed by atoms with van der Waals surface area (Å²) in [6, 6.07) is 4.83. The number of rotatable bonds is 5. The lowest BCUT2D eigenvalue weighted by atomic mass is 9.98. The molecule has 0 radical (unpaired) electrons. The van der Waals surface area contributed by atoms with Gasteiger partial charge in [-0.3, -0.25) is 24.6 Å². The van der Waals surface area contributed by atoms with Crippen LogP contribution in [0.2, 0.25) is 0 Å². The Kier molecular flexibility index (Phi) is 4.11. The van der Waals surface area contributed by atoms with Crippen molar-refractivity contribution in [2.24, 2.45) is 5.73 Å². The zero-order chi connectivity index (χ0) is 16.5. The monoisotopic (exact) mass is 309 g/mol. The van der Waals surface area contributed by atoms with Gasteiger partial charge in [0.25, 0.3) is 5.69 Å². The zero-order valence-electron chi connectivity index (χ0n) is 11.5. The Balaban J connectivity index is 2.30. The molecule has 2 atom stereocenters. The standard InChI is InChI=1S/C13H15N3O6/c14-13(12(19)20)5-10(11(17)18)15(7-13)6-8-3-1-2-4-9(8)16(21)22/h1-4,10H,5-7,14H2,(H,17,18)(H,19,20)/t10-,13-/m1/s1. The second-order valence-electron chi connectivity index (χ2n) is 5.31. The molecule has 1 aliphatic rings. The van der Waals surface area contributed by atoms with E-state index < -0.39 is 28.4 Å². The van der Waals surface area contributed by atoms with E-state index in [4.69, 9.17) is 10.8 Å². The Morgan fingerprint density at radius 2 is 2.05 bits per heavy atom. The minimum Gasteiger partial charge on any atom is -0.480 e. The number of aliphatic carboxylic acids is 2. The van der Waals surface area contributed by atoms with Crippen molar-refractivity contribution in [2.45, 2.75) is 24.5 Å². The van der Waals surface area contributed by atoms with Gasteiger partial charge in [-0.25, -0.2) is 0 Å². The van der Waals surface area contributed by atoms with Crippen LogP contribution in [0.3, 0.4) is 0 Å². The average Bonchev–Trinajstić information content (AvgIpc) is 2.78. The van der Waals surface area contributed by atoms with Crippen LogP contribution in [0.1, 0.15) is 12.0 Å². The molecule has 0 aliphatic carbocycles. The molecule has 1 fully saturated rings. The third-order valence-corrected chi connectivity index (χ3v) is 3.76. The molecule has 1 aromatic carbocycles. The van der Waals surface area contributed by atoms with E-state index in [1.165, 1.54) is 23.1 Å². The fraction of sp³-hybridized carbons (Fsp3) is 0.385. The summed E-state index contributed by atoms with van der Waals surface area (Å²) in [6.45, 7) is -0.244. The Hall–Kier alpha value is -2.52. The highest BCUT2D eigenvalue weighted by Crippen LogP contribution is 2.29. The van der Waals surface area contributed by atoms with Gasteiger partial charge in [-0.05, 0) is 0 Å². The lowest BCUT2D eigenvalue weighted by Gasteiger charge is -2.21. The van der Waals surface area contributed by atoms with Crippen molar-refractivity contribution >= 4 is 17.6 Å². The van der Waals surface area contributed by atoms with E-state index in [-0.39, 0.29) is 25.2 Å². The predicted molar refractivity (Wildman–Crippen MR) is 74.1 cm³/mol. The van der Waals surface area contributed by atoms with Crippen LogP contribution in [0.15, 0.2) is 24.3 Å². The maximum absolute atomic E-state index is 11.3. The van der Waals surface area contributed by atoms with Crippen LogP contribution in [-0.4, -0.2) is 50.1 Å². The normalized spacial score (nSPS) is 25.0. The van der Waals surface area contributed by atoms with Crippen molar-refractivity contribution in [3.8, 4) is 0 Å². The molecule has 1 heterocycles. The molecule has 9 heteroatoms. The maximum atomic E-state index is 11.3. The minimum absolute atomic E-state index is 0.0552. The highest BCUT2D eigenvalue weighted by atomic mass is 16.6. The van der Waals surface area contributed by atoms with Crippen molar-refractivity contribution in [1.82, 2.24) is 4.90 Å². The molecule has 2 rings (SSSR count). The summed E-state index contributed by atoms with van der Waals surface area (Å²) in [5.41, 5.74) is 4.23. The van der Waals surface area contributed by atoms with Gasteiger partial charge in [0, 0.05) is 31.1 Å². The SMILES string of the molecule is N[C@]1(C(=O)O)C[C@H](C(=O)O)N(Cc2ccccc2[N+](=O)[O-])C1. The second kappa shape index (κ2) is 5.70. The van der Waals surface area contributed by atoms with E-state index in [0.717, 1.165) is 0 Å². The van der Waals surface area contributed by atoms with Crippen molar-refractivity contribution < 1.29 is 24.7 Å². The molecule has 9 nitrogen and oxygen atoms in total. The first-order valence-corrected chi connectivity index (χ1v) is 6.46. The van der Waals surface area contributed by atoms with Gasteiger partial charge in [-0.2, -0.15) is 0 Å². The molecule has 22 heavy (non-hydrogen) atoms. The van der Waals surface area contributed by atoms with E-state index >= 15 is 0 Å². The Morgan fingerprint density at radius 3 is 2.59 bits per heavy atom. The lowest BCUT2D eigenvalue weighted by Crippen LogP contribution is -2.50. The molecule has 0 spiro atoms. The number of carbonyl (C=O) groups is 2. The van der Waals surface area contributed by atoms with Crippen LogP contribution in [0.5, 0.6) is 0 Å². The number of nitrogens with two attached hydrogens (primary N) is 1. The van der Waals surface area contributed by atoms with Gasteiger partial charge in [-0.15, -0.1) is 0 Å². The molecule has 0 saturated carbocycles. The van der Waals surface area contributed by atoms with Gasteiger partial charge in [0.2, 0.25) is 0 Å². The third kappa shape index (κ3) is 2.90. The number of nitro groups is 1. The van der Waals surface area contributed by atoms with E-state index in [1.54, 1.807) is 6.07 Å². The van der Waals surface area contributed by atoms with Gasteiger partial charge in [0.05, 0.1) is 4.92 Å². The summed E-state index contributed by atoms with van der Waals surface area (Å²) < 4.78 is 0. The van der Waals surface area contributed by atoms with Gasteiger partial charge < -0.3 is 15.9 Å². The van der Waals surface area contributed by atoms with Gasteiger partial charge >= 0.3 is 11.9 Å². The topological polar surface area (TPSA) is 147 Å². The molecule has 4 N–H and O–H groups in total. The molecular weight excluding hydrogens is 294 g/mol. The maximum Gasteiger partial charge on any atom is 0.325 e. The second-order valence-corrected chi connectivity index (χ2v) is 5.31. The van der Waals surface area contributed by atoms with Gasteiger partial charge in [0.15, 0.2) is 0 Å². The number of hydrogen-bond donors (Lipinski definition) is 3. The smallest absolute Gasteiger partial charge is 0.325 e. The fourth-order valence-electron chi connectivity index (χ4n) is 2.62. The van der Waals surface area contributed by atoms with Crippen LogP contribution in [0.25, 0.3) is 0 Å². The number of carboxylic acid groups (broad SMARTS) is 2. The van der Waals surface area contributed by atoms with Crippen LogP contribution in [-0.2, 0) is 16.1 Å². The molecule has 1 aromatic rings. The van der Waals surface area contributed by atoms with Crippen LogP contribution < -0.4 is 5.73 Å². The van der Waals surface area contributed by atoms with E-state index in [2.05, 4.69) is 0 Å². The number of carboxylic acids is 2. The Labute approximate surface area is 125 Å². The lowest BCUT2D eigenvalue weighted by molar-refractivity contribution is -0.385. The first-order chi connectivity index (χ1) is 10.2. The summed E-state index contributed by atoms with van der Waals surface area (Å²) in [5.74, 6) is -2.49. The number of para-hydroxylation sites is 1. The largest absolute Gasteiger partial charge is 0.480 e. The molecule has 0 unspecified atom stereocenters. The Bertz CT molecular complexity index is 634. The molecule has 0 bridgehead atoms. The van der Waals surface area contributed by atoms with Crippen LogP contribution >= 0.6 is 0 Å². The quantitative estimate of drug-likeness (QED) is 0.510. The molecule has 1 saturated heterocycles. The zero-order valence-corrected chi connectivity index (χ0v) is 11.5. The number of hydrogen-bond acceptors (Lipinski definition) is 6. The minimum atomic E-state index is -1.67. The van der Waals surface area contributed by atoms with E-state index in [9.17, 15) is 24.8 Å². The van der Waals surface area contributed by atoms with Crippen molar-refractivity contribution in [1.29, 1.82) is 0 Å². The van der Waals surface area contributed by atoms with Crippen molar-refractivity contribution in [3.05, 3.63) is 39.9 Å². The van der Waals surface area contributed by atoms with Crippen LogP contribution in [0.4, 0.5) is 5.69 Å². The van der Waals surface area contributed by atoms with E-state index in [0.29, 0.717) is 5.56 Å². The molecular formula is C13H15N3O6. The molecule has 0 amide bonds. The van der Waals surface area contributed by atoms with Crippen LogP contribution in [0, 0.1) is 10.1 Å². The summed E-state index contributed by atoms with van der Waals surface area (Å²) >= 11 is 0. The summed E-state index contributed by atoms with van der Waals surface area (Å²) in [5, 5.41) is 29.4. The fourth-order valence-corrected chi connectivity index (χ4v) is 2.62. The summed E-state index contributed by atoms with van der Waals surface area (Å²) in [7, 11) is 0. The number of likely N-dealkylation sites (tertiary alicyclic amines) is 1. The number of nitrogens with zero attached hydrogens (tertiary/aromatic N) is 2. The third-order valence-electron chi connectivity index (χ3n) is 3.76. The number of benzene rings is 1.